The Balaban J connectivity index is 2.44. The molecule has 0 bridgehead atoms. The van der Waals surface area contributed by atoms with Gasteiger partial charge in [-0.25, -0.2) is 9.78 Å². The minimum Gasteiger partial charge on any atom is -0.465 e. The molecule has 0 saturated carbocycles. The van der Waals surface area contributed by atoms with Crippen molar-refractivity contribution in [2.45, 2.75) is 6.92 Å². The van der Waals surface area contributed by atoms with Crippen LogP contribution in [0.15, 0.2) is 29.8 Å². The number of esters is 1. The van der Waals surface area contributed by atoms with Crippen LogP contribution >= 0.6 is 11.3 Å². The fourth-order valence-corrected chi connectivity index (χ4v) is 2.09. The molecule has 0 fully saturated rings. The van der Waals surface area contributed by atoms with E-state index in [1.807, 2.05) is 19.1 Å². The van der Waals surface area contributed by atoms with Gasteiger partial charge in [0, 0.05) is 10.4 Å². The maximum absolute atomic E-state index is 11.4. The molecule has 0 saturated heterocycles. The molecule has 0 unspecified atom stereocenters. The van der Waals surface area contributed by atoms with E-state index < -0.39 is 0 Å². The van der Waals surface area contributed by atoms with Crippen molar-refractivity contribution in [1.82, 2.24) is 4.98 Å². The molecule has 1 heterocycles. The number of rotatable bonds is 2. The Bertz CT molecular complexity index is 519. The third-order valence-corrected chi connectivity index (χ3v) is 3.06. The van der Waals surface area contributed by atoms with Crippen LogP contribution in [0.3, 0.4) is 0 Å². The molecule has 0 aliphatic rings. The van der Waals surface area contributed by atoms with E-state index in [0.717, 1.165) is 16.1 Å². The van der Waals surface area contributed by atoms with Crippen LogP contribution in [0.5, 0.6) is 0 Å². The van der Waals surface area contributed by atoms with Gasteiger partial charge in [0.05, 0.1) is 23.9 Å². The first-order chi connectivity index (χ1) is 7.72. The van der Waals surface area contributed by atoms with Crippen molar-refractivity contribution < 1.29 is 9.53 Å². The smallest absolute Gasteiger partial charge is 0.337 e. The average molecular weight is 233 g/mol. The van der Waals surface area contributed by atoms with Crippen molar-refractivity contribution in [3.63, 3.8) is 0 Å². The van der Waals surface area contributed by atoms with Gasteiger partial charge in [-0.3, -0.25) is 0 Å². The summed E-state index contributed by atoms with van der Waals surface area (Å²) in [6.07, 6.45) is 0. The van der Waals surface area contributed by atoms with E-state index in [-0.39, 0.29) is 5.97 Å². The first-order valence-electron chi connectivity index (χ1n) is 4.81. The van der Waals surface area contributed by atoms with Gasteiger partial charge in [-0.15, -0.1) is 11.3 Å². The number of methoxy groups -OCH3 is 1. The second-order valence-electron chi connectivity index (χ2n) is 3.33. The summed E-state index contributed by atoms with van der Waals surface area (Å²) < 4.78 is 4.68. The molecular formula is C12H11NO2S. The standard InChI is InChI=1S/C12H11NO2S/c1-8-11(13-7-16-8)9-4-3-5-10(6-9)12(14)15-2/h3-7H,1-2H3. The number of aromatic nitrogens is 1. The van der Waals surface area contributed by atoms with Gasteiger partial charge >= 0.3 is 5.97 Å². The van der Waals surface area contributed by atoms with Crippen LogP contribution in [0.4, 0.5) is 0 Å². The molecule has 4 heteroatoms. The van der Waals surface area contributed by atoms with Crippen LogP contribution < -0.4 is 0 Å². The summed E-state index contributed by atoms with van der Waals surface area (Å²) in [7, 11) is 1.38. The zero-order chi connectivity index (χ0) is 11.5. The lowest BCUT2D eigenvalue weighted by Crippen LogP contribution is -2.00. The first kappa shape index (κ1) is 10.8. The highest BCUT2D eigenvalue weighted by molar-refractivity contribution is 7.10. The van der Waals surface area contributed by atoms with Crippen LogP contribution in [-0.2, 0) is 4.74 Å². The van der Waals surface area contributed by atoms with Crippen LogP contribution in [0.25, 0.3) is 11.3 Å². The molecule has 0 radical (unpaired) electrons. The summed E-state index contributed by atoms with van der Waals surface area (Å²) in [4.78, 5) is 16.8. The number of nitrogens with zero attached hydrogens (tertiary/aromatic N) is 1. The first-order valence-corrected chi connectivity index (χ1v) is 5.69. The summed E-state index contributed by atoms with van der Waals surface area (Å²) in [5.74, 6) is -0.324. The predicted octanol–water partition coefficient (Wildman–Crippen LogP) is 2.91. The molecular weight excluding hydrogens is 222 g/mol. The Labute approximate surface area is 97.7 Å². The van der Waals surface area contributed by atoms with Crippen molar-refractivity contribution in [3.05, 3.63) is 40.2 Å². The van der Waals surface area contributed by atoms with Crippen molar-refractivity contribution in [1.29, 1.82) is 0 Å². The van der Waals surface area contributed by atoms with Crippen LogP contribution in [0, 0.1) is 6.92 Å². The maximum Gasteiger partial charge on any atom is 0.337 e. The molecule has 0 aliphatic heterocycles. The lowest BCUT2D eigenvalue weighted by Gasteiger charge is -2.02. The number of hydrogen-bond acceptors (Lipinski definition) is 4. The number of aryl methyl sites for hydroxylation is 1. The molecule has 3 nitrogen and oxygen atoms in total. The molecule has 0 atom stereocenters. The van der Waals surface area contributed by atoms with Gasteiger partial charge in [0.15, 0.2) is 0 Å². The third-order valence-electron chi connectivity index (χ3n) is 2.30. The van der Waals surface area contributed by atoms with Gasteiger partial charge < -0.3 is 4.74 Å². The van der Waals surface area contributed by atoms with Crippen LogP contribution in [-0.4, -0.2) is 18.1 Å². The molecule has 1 aromatic heterocycles. The minimum absolute atomic E-state index is 0.324. The number of hydrogen-bond donors (Lipinski definition) is 0. The van der Waals surface area contributed by atoms with E-state index >= 15 is 0 Å². The Kier molecular flexibility index (Phi) is 3.01. The Morgan fingerprint density at radius 3 is 2.88 bits per heavy atom. The highest BCUT2D eigenvalue weighted by atomic mass is 32.1. The topological polar surface area (TPSA) is 39.2 Å². The quantitative estimate of drug-likeness (QED) is 0.749. The lowest BCUT2D eigenvalue weighted by molar-refractivity contribution is 0.0601. The molecule has 0 spiro atoms. The zero-order valence-electron chi connectivity index (χ0n) is 9.06. The van der Waals surface area contributed by atoms with Crippen molar-refractivity contribution >= 4 is 17.3 Å². The summed E-state index contributed by atoms with van der Waals surface area (Å²) in [6, 6.07) is 7.31. The fraction of sp³-hybridized carbons (Fsp3) is 0.167. The highest BCUT2D eigenvalue weighted by Gasteiger charge is 2.09. The van der Waals surface area contributed by atoms with Gasteiger partial charge in [-0.2, -0.15) is 0 Å². The van der Waals surface area contributed by atoms with Crippen LogP contribution in [0.1, 0.15) is 15.2 Å². The molecule has 82 valence electrons. The molecule has 16 heavy (non-hydrogen) atoms. The molecule has 2 aromatic rings. The number of thiazole rings is 1. The number of ether oxygens (including phenoxy) is 1. The molecule has 0 aliphatic carbocycles. The molecule has 2 rings (SSSR count). The highest BCUT2D eigenvalue weighted by Crippen LogP contribution is 2.25. The molecule has 0 N–H and O–H groups in total. The minimum atomic E-state index is -0.324. The zero-order valence-corrected chi connectivity index (χ0v) is 9.88. The largest absolute Gasteiger partial charge is 0.465 e. The molecule has 0 amide bonds. The van der Waals surface area contributed by atoms with E-state index in [4.69, 9.17) is 0 Å². The lowest BCUT2D eigenvalue weighted by atomic mass is 10.1. The Morgan fingerprint density at radius 2 is 2.25 bits per heavy atom. The van der Waals surface area contributed by atoms with E-state index in [9.17, 15) is 4.79 Å². The van der Waals surface area contributed by atoms with E-state index in [1.54, 1.807) is 29.0 Å². The second-order valence-corrected chi connectivity index (χ2v) is 4.39. The predicted molar refractivity (Wildman–Crippen MR) is 63.6 cm³/mol. The summed E-state index contributed by atoms with van der Waals surface area (Å²) in [6.45, 7) is 2.01. The van der Waals surface area contributed by atoms with Crippen molar-refractivity contribution in [2.75, 3.05) is 7.11 Å². The normalized spacial score (nSPS) is 10.1. The third kappa shape index (κ3) is 1.97. The summed E-state index contributed by atoms with van der Waals surface area (Å²) in [5.41, 5.74) is 4.22. The van der Waals surface area contributed by atoms with Crippen LogP contribution in [0.2, 0.25) is 0 Å². The number of benzene rings is 1. The van der Waals surface area contributed by atoms with Gasteiger partial charge in [0.1, 0.15) is 0 Å². The average Bonchev–Trinajstić information content (AvgIpc) is 2.74. The van der Waals surface area contributed by atoms with Crippen molar-refractivity contribution in [3.8, 4) is 11.3 Å². The number of carbonyl (C=O) groups is 1. The Morgan fingerprint density at radius 1 is 1.44 bits per heavy atom. The van der Waals surface area contributed by atoms with E-state index in [1.165, 1.54) is 7.11 Å². The number of carbonyl (C=O) groups excluding carboxylic acids is 1. The van der Waals surface area contributed by atoms with Gasteiger partial charge in [-0.05, 0) is 19.1 Å². The van der Waals surface area contributed by atoms with Gasteiger partial charge in [0.25, 0.3) is 0 Å². The summed E-state index contributed by atoms with van der Waals surface area (Å²) in [5, 5.41) is 0. The van der Waals surface area contributed by atoms with Gasteiger partial charge in [0.2, 0.25) is 0 Å². The van der Waals surface area contributed by atoms with Crippen molar-refractivity contribution in [2.24, 2.45) is 0 Å². The Hall–Kier alpha value is -1.68. The molecule has 1 aromatic carbocycles. The summed E-state index contributed by atoms with van der Waals surface area (Å²) >= 11 is 1.59. The SMILES string of the molecule is COC(=O)c1cccc(-c2ncsc2C)c1. The second kappa shape index (κ2) is 4.45. The van der Waals surface area contributed by atoms with E-state index in [0.29, 0.717) is 5.56 Å². The fourth-order valence-electron chi connectivity index (χ4n) is 1.49. The van der Waals surface area contributed by atoms with E-state index in [2.05, 4.69) is 9.72 Å². The monoisotopic (exact) mass is 233 g/mol. The van der Waals surface area contributed by atoms with Gasteiger partial charge in [-0.1, -0.05) is 12.1 Å². The maximum atomic E-state index is 11.4.